The molecule has 0 aliphatic carbocycles. The molecule has 0 aliphatic rings. The van der Waals surface area contributed by atoms with Gasteiger partial charge in [0.1, 0.15) is 0 Å². The van der Waals surface area contributed by atoms with E-state index in [-0.39, 0.29) is 0 Å². The highest BCUT2D eigenvalue weighted by Gasteiger charge is 2.05. The van der Waals surface area contributed by atoms with Crippen molar-refractivity contribution in [1.82, 2.24) is 4.98 Å². The molecule has 2 aromatic rings. The van der Waals surface area contributed by atoms with Crippen LogP contribution in [0.1, 0.15) is 29.9 Å². The number of fused-ring (bicyclic) bond motifs is 1. The number of hydrogen-bond acceptors (Lipinski definition) is 1. The second kappa shape index (κ2) is 4.45. The van der Waals surface area contributed by atoms with Crippen LogP contribution in [0.5, 0.6) is 0 Å². The van der Waals surface area contributed by atoms with E-state index in [2.05, 4.69) is 24.9 Å². The predicted octanol–water partition coefficient (Wildman–Crippen LogP) is 3.37. The van der Waals surface area contributed by atoms with Gasteiger partial charge in [-0.3, -0.25) is 0 Å². The van der Waals surface area contributed by atoms with Crippen LogP contribution in [0.15, 0.2) is 35.9 Å². The second-order valence-electron chi connectivity index (χ2n) is 4.39. The molecule has 0 saturated heterocycles. The van der Waals surface area contributed by atoms with Gasteiger partial charge in [-0.25, -0.2) is 4.79 Å². The molecule has 0 fully saturated rings. The average Bonchev–Trinajstić information content (AvgIpc) is 2.67. The maximum Gasteiger partial charge on any atom is 0.335 e. The van der Waals surface area contributed by atoms with Gasteiger partial charge in [-0.05, 0) is 38.1 Å². The summed E-state index contributed by atoms with van der Waals surface area (Å²) in [6.07, 6.45) is 2.99. The molecule has 0 bridgehead atoms. The molecular formula is C14H15NO2. The third kappa shape index (κ3) is 2.56. The number of carbonyl (C=O) groups is 1. The Morgan fingerprint density at radius 1 is 1.35 bits per heavy atom. The summed E-state index contributed by atoms with van der Waals surface area (Å²) in [6, 6.07) is 7.12. The number of hydrogen-bond donors (Lipinski definition) is 2. The number of carboxylic acid groups (broad SMARTS) is 1. The predicted molar refractivity (Wildman–Crippen MR) is 68.4 cm³/mol. The first-order chi connectivity index (χ1) is 8.06. The van der Waals surface area contributed by atoms with Crippen molar-refractivity contribution in [2.75, 3.05) is 0 Å². The molecule has 0 saturated carbocycles. The van der Waals surface area contributed by atoms with Gasteiger partial charge in [-0.1, -0.05) is 11.6 Å². The summed E-state index contributed by atoms with van der Waals surface area (Å²) >= 11 is 0. The zero-order valence-corrected chi connectivity index (χ0v) is 9.95. The molecule has 3 nitrogen and oxygen atoms in total. The number of aromatic nitrogens is 1. The van der Waals surface area contributed by atoms with Crippen LogP contribution in [-0.4, -0.2) is 16.1 Å². The van der Waals surface area contributed by atoms with E-state index in [4.69, 9.17) is 5.11 Å². The summed E-state index contributed by atoms with van der Waals surface area (Å²) in [5, 5.41) is 9.85. The van der Waals surface area contributed by atoms with Crippen molar-refractivity contribution in [3.63, 3.8) is 0 Å². The lowest BCUT2D eigenvalue weighted by Crippen LogP contribution is -1.94. The molecule has 0 aliphatic heterocycles. The zero-order valence-electron chi connectivity index (χ0n) is 9.95. The molecule has 2 rings (SSSR count). The molecule has 0 amide bonds. The Morgan fingerprint density at radius 3 is 2.76 bits per heavy atom. The SMILES string of the molecule is CC(C)=CCc1cc2cc(C(=O)O)ccc2[nH]1. The Bertz CT molecular complexity index is 589. The fourth-order valence-electron chi connectivity index (χ4n) is 1.75. The third-order valence-electron chi connectivity index (χ3n) is 2.65. The minimum Gasteiger partial charge on any atom is -0.478 e. The first kappa shape index (κ1) is 11.5. The van der Waals surface area contributed by atoms with Gasteiger partial charge >= 0.3 is 5.97 Å². The van der Waals surface area contributed by atoms with Gasteiger partial charge in [0.15, 0.2) is 0 Å². The molecular weight excluding hydrogens is 214 g/mol. The summed E-state index contributed by atoms with van der Waals surface area (Å²) in [4.78, 5) is 14.1. The average molecular weight is 229 g/mol. The van der Waals surface area contributed by atoms with E-state index in [9.17, 15) is 4.79 Å². The van der Waals surface area contributed by atoms with Gasteiger partial charge in [0.05, 0.1) is 5.56 Å². The number of H-pyrrole nitrogens is 1. The number of aromatic amines is 1. The Balaban J connectivity index is 2.37. The van der Waals surface area contributed by atoms with Crippen molar-refractivity contribution in [3.8, 4) is 0 Å². The van der Waals surface area contributed by atoms with E-state index in [1.165, 1.54) is 5.57 Å². The highest BCUT2D eigenvalue weighted by Crippen LogP contribution is 2.18. The molecule has 1 aromatic carbocycles. The summed E-state index contributed by atoms with van der Waals surface area (Å²) in [6.45, 7) is 4.12. The van der Waals surface area contributed by atoms with Crippen LogP contribution in [0, 0.1) is 0 Å². The van der Waals surface area contributed by atoms with Crippen LogP contribution >= 0.6 is 0 Å². The molecule has 0 atom stereocenters. The Kier molecular flexibility index (Phi) is 3.00. The molecule has 88 valence electrons. The Labute approximate surface area is 99.8 Å². The van der Waals surface area contributed by atoms with Crippen LogP contribution in [0.3, 0.4) is 0 Å². The Hall–Kier alpha value is -2.03. The maximum absolute atomic E-state index is 10.8. The minimum absolute atomic E-state index is 0.324. The van der Waals surface area contributed by atoms with E-state index in [0.717, 1.165) is 23.0 Å². The molecule has 1 aromatic heterocycles. The lowest BCUT2D eigenvalue weighted by molar-refractivity contribution is 0.0697. The first-order valence-electron chi connectivity index (χ1n) is 5.54. The standard InChI is InChI=1S/C14H15NO2/c1-9(2)3-5-12-8-11-7-10(14(16)17)4-6-13(11)15-12/h3-4,6-8,15H,5H2,1-2H3,(H,16,17). The quantitative estimate of drug-likeness (QED) is 0.793. The molecule has 0 unspecified atom stereocenters. The summed E-state index contributed by atoms with van der Waals surface area (Å²) in [5.74, 6) is -0.890. The van der Waals surface area contributed by atoms with Crippen LogP contribution in [0.2, 0.25) is 0 Å². The highest BCUT2D eigenvalue weighted by atomic mass is 16.4. The van der Waals surface area contributed by atoms with Crippen LogP contribution in [0.25, 0.3) is 10.9 Å². The number of allylic oxidation sites excluding steroid dienone is 2. The third-order valence-corrected chi connectivity index (χ3v) is 2.65. The van der Waals surface area contributed by atoms with Crippen molar-refractivity contribution in [2.45, 2.75) is 20.3 Å². The smallest absolute Gasteiger partial charge is 0.335 e. The van der Waals surface area contributed by atoms with Crippen molar-refractivity contribution in [3.05, 3.63) is 47.2 Å². The van der Waals surface area contributed by atoms with Gasteiger partial charge in [0.25, 0.3) is 0 Å². The summed E-state index contributed by atoms with van der Waals surface area (Å²) in [7, 11) is 0. The number of benzene rings is 1. The normalized spacial score (nSPS) is 10.5. The molecule has 17 heavy (non-hydrogen) atoms. The van der Waals surface area contributed by atoms with Gasteiger partial charge in [0, 0.05) is 23.0 Å². The van der Waals surface area contributed by atoms with Crippen molar-refractivity contribution in [2.24, 2.45) is 0 Å². The van der Waals surface area contributed by atoms with Crippen LogP contribution < -0.4 is 0 Å². The van der Waals surface area contributed by atoms with E-state index < -0.39 is 5.97 Å². The summed E-state index contributed by atoms with van der Waals surface area (Å²) in [5.41, 5.74) is 3.68. The lowest BCUT2D eigenvalue weighted by atomic mass is 10.1. The van der Waals surface area contributed by atoms with Crippen molar-refractivity contribution >= 4 is 16.9 Å². The molecule has 0 spiro atoms. The second-order valence-corrected chi connectivity index (χ2v) is 4.39. The first-order valence-corrected chi connectivity index (χ1v) is 5.54. The van der Waals surface area contributed by atoms with E-state index in [1.54, 1.807) is 12.1 Å². The van der Waals surface area contributed by atoms with Gasteiger partial charge in [0.2, 0.25) is 0 Å². The Morgan fingerprint density at radius 2 is 2.12 bits per heavy atom. The maximum atomic E-state index is 10.8. The van der Waals surface area contributed by atoms with Gasteiger partial charge < -0.3 is 10.1 Å². The molecule has 3 heteroatoms. The fraction of sp³-hybridized carbons (Fsp3) is 0.214. The number of carboxylic acids is 1. The zero-order chi connectivity index (χ0) is 12.4. The minimum atomic E-state index is -0.890. The topological polar surface area (TPSA) is 53.1 Å². The van der Waals surface area contributed by atoms with Crippen LogP contribution in [0.4, 0.5) is 0 Å². The van der Waals surface area contributed by atoms with Gasteiger partial charge in [-0.15, -0.1) is 0 Å². The number of nitrogens with one attached hydrogen (secondary N) is 1. The van der Waals surface area contributed by atoms with Crippen LogP contribution in [-0.2, 0) is 6.42 Å². The fourth-order valence-corrected chi connectivity index (χ4v) is 1.75. The largest absolute Gasteiger partial charge is 0.478 e. The number of aromatic carboxylic acids is 1. The summed E-state index contributed by atoms with van der Waals surface area (Å²) < 4.78 is 0. The van der Waals surface area contributed by atoms with Gasteiger partial charge in [-0.2, -0.15) is 0 Å². The van der Waals surface area contributed by atoms with E-state index in [1.807, 2.05) is 12.1 Å². The lowest BCUT2D eigenvalue weighted by Gasteiger charge is -1.93. The van der Waals surface area contributed by atoms with E-state index in [0.29, 0.717) is 5.56 Å². The number of rotatable bonds is 3. The van der Waals surface area contributed by atoms with E-state index >= 15 is 0 Å². The van der Waals surface area contributed by atoms with Crippen molar-refractivity contribution in [1.29, 1.82) is 0 Å². The molecule has 1 heterocycles. The van der Waals surface area contributed by atoms with Crippen molar-refractivity contribution < 1.29 is 9.90 Å². The monoisotopic (exact) mass is 229 g/mol. The molecule has 0 radical (unpaired) electrons. The molecule has 2 N–H and O–H groups in total. The highest BCUT2D eigenvalue weighted by molar-refractivity contribution is 5.93.